The molecule has 0 aliphatic rings. The van der Waals surface area contributed by atoms with Crippen molar-refractivity contribution in [3.63, 3.8) is 0 Å². The van der Waals surface area contributed by atoms with E-state index in [1.54, 1.807) is 0 Å². The van der Waals surface area contributed by atoms with Gasteiger partial charge in [0.25, 0.3) is 0 Å². The zero-order chi connectivity index (χ0) is 12.7. The second kappa shape index (κ2) is 7.75. The van der Waals surface area contributed by atoms with Crippen molar-refractivity contribution >= 4 is 23.5 Å². The Labute approximate surface area is 104 Å². The molecule has 0 heterocycles. The molecule has 0 N–H and O–H groups in total. The molecule has 0 aliphatic heterocycles. The molecule has 0 unspecified atom stereocenters. The van der Waals surface area contributed by atoms with Crippen LogP contribution in [0.25, 0.3) is 0 Å². The van der Waals surface area contributed by atoms with Crippen LogP contribution >= 0.6 is 23.5 Å². The predicted octanol–water partition coefficient (Wildman–Crippen LogP) is 4.41. The summed E-state index contributed by atoms with van der Waals surface area (Å²) in [5, 5.41) is 0.649. The highest BCUT2D eigenvalue weighted by Gasteiger charge is 2.52. The highest BCUT2D eigenvalue weighted by molar-refractivity contribution is 9.09. The summed E-state index contributed by atoms with van der Waals surface area (Å²) in [6.45, 7) is 2.93. The van der Waals surface area contributed by atoms with Crippen LogP contribution in [0.5, 0.6) is 0 Å². The van der Waals surface area contributed by atoms with Gasteiger partial charge < -0.3 is 9.05 Å². The molecule has 0 saturated carbocycles. The van der Waals surface area contributed by atoms with E-state index in [9.17, 15) is 13.3 Å². The zero-order valence-electron chi connectivity index (χ0n) is 9.55. The van der Waals surface area contributed by atoms with E-state index < -0.39 is 19.7 Å². The highest BCUT2D eigenvalue weighted by Crippen LogP contribution is 2.63. The van der Waals surface area contributed by atoms with Crippen LogP contribution in [0, 0.1) is 0 Å². The minimum atomic E-state index is -4.31. The van der Waals surface area contributed by atoms with Gasteiger partial charge in [0.15, 0.2) is 0 Å². The maximum absolute atomic E-state index is 13.6. The Bertz CT molecular complexity index is 229. The van der Waals surface area contributed by atoms with E-state index in [0.717, 1.165) is 0 Å². The molecule has 0 saturated heterocycles. The zero-order valence-corrected chi connectivity index (χ0v) is 12.0. The van der Waals surface area contributed by atoms with Crippen LogP contribution in [-0.2, 0) is 13.6 Å². The first-order valence-electron chi connectivity index (χ1n) is 5.26. The monoisotopic (exact) mass is 322 g/mol. The number of halogens is 3. The molecule has 0 bridgehead atoms. The quantitative estimate of drug-likeness (QED) is 0.358. The second-order valence-electron chi connectivity index (χ2n) is 3.14. The van der Waals surface area contributed by atoms with Gasteiger partial charge in [-0.15, -0.1) is 0 Å². The van der Waals surface area contributed by atoms with E-state index >= 15 is 0 Å². The van der Waals surface area contributed by atoms with Crippen molar-refractivity contribution in [1.29, 1.82) is 0 Å². The fourth-order valence-electron chi connectivity index (χ4n) is 1.14. The number of hydrogen-bond acceptors (Lipinski definition) is 3. The molecule has 0 aromatic rings. The Balaban J connectivity index is 4.54. The maximum Gasteiger partial charge on any atom is 0.399 e. The summed E-state index contributed by atoms with van der Waals surface area (Å²) >= 11 is 3.15. The van der Waals surface area contributed by atoms with Crippen LogP contribution in [-0.4, -0.2) is 24.2 Å². The lowest BCUT2D eigenvalue weighted by Gasteiger charge is -2.25. The summed E-state index contributed by atoms with van der Waals surface area (Å²) in [5.41, 5.74) is -3.40. The van der Waals surface area contributed by atoms with E-state index in [1.165, 1.54) is 13.8 Å². The third-order valence-corrected chi connectivity index (χ3v) is 4.64. The van der Waals surface area contributed by atoms with Gasteiger partial charge in [0, 0.05) is 11.8 Å². The van der Waals surface area contributed by atoms with Gasteiger partial charge in [-0.3, -0.25) is 4.57 Å². The number of rotatable bonds is 9. The standard InChI is InChI=1S/C9H18BrF2O3P/c1-3-14-16(13,15-4-2)9(11,12)7-5-6-8-10/h3-8H2,1-2H3. The topological polar surface area (TPSA) is 35.5 Å². The van der Waals surface area contributed by atoms with Crippen molar-refractivity contribution in [3.8, 4) is 0 Å². The second-order valence-corrected chi connectivity index (χ2v) is 6.10. The Morgan fingerprint density at radius 3 is 2.06 bits per heavy atom. The first kappa shape index (κ1) is 16.5. The van der Waals surface area contributed by atoms with Gasteiger partial charge in [-0.2, -0.15) is 8.78 Å². The van der Waals surface area contributed by atoms with Gasteiger partial charge in [-0.25, -0.2) is 0 Å². The van der Waals surface area contributed by atoms with Crippen LogP contribution in [0.4, 0.5) is 8.78 Å². The lowest BCUT2D eigenvalue weighted by atomic mass is 10.3. The average molecular weight is 323 g/mol. The average Bonchev–Trinajstić information content (AvgIpc) is 2.18. The molecule has 0 fully saturated rings. The van der Waals surface area contributed by atoms with Gasteiger partial charge in [0.05, 0.1) is 13.2 Å². The molecule has 16 heavy (non-hydrogen) atoms. The lowest BCUT2D eigenvalue weighted by molar-refractivity contribution is 0.0299. The van der Waals surface area contributed by atoms with E-state index in [4.69, 9.17) is 0 Å². The summed E-state index contributed by atoms with van der Waals surface area (Å²) in [6.07, 6.45) is 0.409. The Hall–Kier alpha value is 0.490. The van der Waals surface area contributed by atoms with Gasteiger partial charge >= 0.3 is 13.3 Å². The Kier molecular flexibility index (Phi) is 7.98. The molecular formula is C9H18BrF2O3P. The molecule has 0 amide bonds. The molecule has 0 aliphatic carbocycles. The molecule has 0 aromatic heterocycles. The Morgan fingerprint density at radius 1 is 1.19 bits per heavy atom. The van der Waals surface area contributed by atoms with Gasteiger partial charge in [-0.05, 0) is 26.7 Å². The first-order valence-corrected chi connectivity index (χ1v) is 7.93. The largest absolute Gasteiger partial charge is 0.399 e. The van der Waals surface area contributed by atoms with E-state index in [1.807, 2.05) is 0 Å². The number of alkyl halides is 3. The van der Waals surface area contributed by atoms with Crippen molar-refractivity contribution in [3.05, 3.63) is 0 Å². The van der Waals surface area contributed by atoms with Gasteiger partial charge in [-0.1, -0.05) is 15.9 Å². The van der Waals surface area contributed by atoms with Crippen LogP contribution in [0.15, 0.2) is 0 Å². The predicted molar refractivity (Wildman–Crippen MR) is 63.5 cm³/mol. The normalized spacial score (nSPS) is 13.1. The van der Waals surface area contributed by atoms with Crippen molar-refractivity contribution < 1.29 is 22.4 Å². The molecular weight excluding hydrogens is 305 g/mol. The van der Waals surface area contributed by atoms with Crippen LogP contribution < -0.4 is 0 Å². The molecule has 0 rings (SSSR count). The molecule has 0 radical (unpaired) electrons. The number of unbranched alkanes of at least 4 members (excludes halogenated alkanes) is 1. The highest BCUT2D eigenvalue weighted by atomic mass is 79.9. The van der Waals surface area contributed by atoms with Crippen molar-refractivity contribution in [2.24, 2.45) is 0 Å². The minimum absolute atomic E-state index is 0.0503. The third kappa shape index (κ3) is 4.78. The molecule has 0 atom stereocenters. The molecule has 7 heteroatoms. The summed E-state index contributed by atoms with van der Waals surface area (Å²) in [6, 6.07) is 0. The SMILES string of the molecule is CCOP(=O)(OCC)C(F)(F)CCCCBr. The minimum Gasteiger partial charge on any atom is -0.305 e. The summed E-state index contributed by atoms with van der Waals surface area (Å²) < 4.78 is 48.4. The van der Waals surface area contributed by atoms with Crippen molar-refractivity contribution in [1.82, 2.24) is 0 Å². The van der Waals surface area contributed by atoms with Crippen molar-refractivity contribution in [2.45, 2.75) is 38.8 Å². The maximum atomic E-state index is 13.6. The van der Waals surface area contributed by atoms with Crippen LogP contribution in [0.2, 0.25) is 0 Å². The summed E-state index contributed by atoms with van der Waals surface area (Å²) in [7, 11) is -4.31. The fourth-order valence-corrected chi connectivity index (χ4v) is 3.10. The smallest absolute Gasteiger partial charge is 0.305 e. The van der Waals surface area contributed by atoms with E-state index in [2.05, 4.69) is 25.0 Å². The third-order valence-electron chi connectivity index (χ3n) is 1.86. The fraction of sp³-hybridized carbons (Fsp3) is 1.00. The molecule has 3 nitrogen and oxygen atoms in total. The number of hydrogen-bond donors (Lipinski definition) is 0. The van der Waals surface area contributed by atoms with Gasteiger partial charge in [0.2, 0.25) is 0 Å². The lowest BCUT2D eigenvalue weighted by Crippen LogP contribution is -2.20. The van der Waals surface area contributed by atoms with Crippen LogP contribution in [0.1, 0.15) is 33.1 Å². The molecule has 98 valence electrons. The van der Waals surface area contributed by atoms with E-state index in [-0.39, 0.29) is 19.6 Å². The molecule has 0 aromatic carbocycles. The first-order chi connectivity index (χ1) is 7.43. The van der Waals surface area contributed by atoms with Crippen molar-refractivity contribution in [2.75, 3.05) is 18.5 Å². The summed E-state index contributed by atoms with van der Waals surface area (Å²) in [5.74, 6) is 0. The summed E-state index contributed by atoms with van der Waals surface area (Å²) in [4.78, 5) is 0. The van der Waals surface area contributed by atoms with E-state index in [0.29, 0.717) is 11.8 Å². The molecule has 0 spiro atoms. The Morgan fingerprint density at radius 2 is 1.69 bits per heavy atom. The van der Waals surface area contributed by atoms with Gasteiger partial charge in [0.1, 0.15) is 0 Å². The van der Waals surface area contributed by atoms with Crippen LogP contribution in [0.3, 0.4) is 0 Å².